The number of sulfonamides is 1. The predicted octanol–water partition coefficient (Wildman–Crippen LogP) is 3.43. The quantitative estimate of drug-likeness (QED) is 0.819. The van der Waals surface area contributed by atoms with E-state index in [0.29, 0.717) is 24.0 Å². The number of fused-ring (bicyclic) bond motifs is 1. The maximum Gasteiger partial charge on any atom is 0.246 e. The molecule has 1 saturated heterocycles. The van der Waals surface area contributed by atoms with Crippen molar-refractivity contribution in [1.29, 1.82) is 0 Å². The Kier molecular flexibility index (Phi) is 5.60. The molecule has 1 aromatic carbocycles. The van der Waals surface area contributed by atoms with Gasteiger partial charge in [0, 0.05) is 24.2 Å². The molecule has 124 valence electrons. The molecule has 1 aliphatic carbocycles. The molecule has 1 aliphatic heterocycles. The van der Waals surface area contributed by atoms with Gasteiger partial charge in [-0.05, 0) is 36.8 Å². The van der Waals surface area contributed by atoms with Crippen molar-refractivity contribution in [3.05, 3.63) is 27.2 Å². The van der Waals surface area contributed by atoms with E-state index in [1.807, 2.05) is 0 Å². The Hall–Kier alpha value is 0.250. The smallest absolute Gasteiger partial charge is 0.246 e. The molecule has 1 saturated carbocycles. The van der Waals surface area contributed by atoms with Gasteiger partial charge in [-0.15, -0.1) is 12.4 Å². The van der Waals surface area contributed by atoms with E-state index in [1.165, 1.54) is 16.4 Å². The zero-order valence-corrected chi connectivity index (χ0v) is 15.4. The Morgan fingerprint density at radius 2 is 1.68 bits per heavy atom. The predicted molar refractivity (Wildman–Crippen MR) is 91.7 cm³/mol. The minimum atomic E-state index is -3.73. The van der Waals surface area contributed by atoms with Crippen molar-refractivity contribution in [2.45, 2.75) is 23.8 Å². The third-order valence-corrected chi connectivity index (χ3v) is 7.41. The summed E-state index contributed by atoms with van der Waals surface area (Å²) in [4.78, 5) is -0.0659. The lowest BCUT2D eigenvalue weighted by Crippen LogP contribution is -2.33. The number of hydrogen-bond acceptors (Lipinski definition) is 3. The first-order chi connectivity index (χ1) is 9.80. The number of rotatable bonds is 2. The molecule has 2 fully saturated rings. The summed E-state index contributed by atoms with van der Waals surface area (Å²) < 4.78 is 27.0. The fraction of sp³-hybridized carbons (Fsp3) is 0.538. The molecule has 3 unspecified atom stereocenters. The van der Waals surface area contributed by atoms with Gasteiger partial charge in [0.15, 0.2) is 0 Å². The summed E-state index contributed by atoms with van der Waals surface area (Å²) in [6.07, 6.45) is 1.94. The van der Waals surface area contributed by atoms with Crippen molar-refractivity contribution in [1.82, 2.24) is 4.31 Å². The van der Waals surface area contributed by atoms with Crippen molar-refractivity contribution in [2.24, 2.45) is 17.6 Å². The van der Waals surface area contributed by atoms with Crippen LogP contribution in [0.1, 0.15) is 12.8 Å². The minimum Gasteiger partial charge on any atom is -0.327 e. The van der Waals surface area contributed by atoms with Crippen LogP contribution >= 0.6 is 47.2 Å². The standard InChI is InChI=1S/C13H15Cl3N2O2S.ClH/c14-8-3-10(15)13(11(16)4-8)21(19,20)18-5-7-1-2-12(17)9(7)6-18;/h3-4,7,9,12H,1-2,5-6,17H2;1H. The van der Waals surface area contributed by atoms with E-state index in [0.717, 1.165) is 12.8 Å². The van der Waals surface area contributed by atoms with Crippen molar-refractivity contribution in [3.63, 3.8) is 0 Å². The summed E-state index contributed by atoms with van der Waals surface area (Å²) in [6.45, 7) is 0.916. The van der Waals surface area contributed by atoms with E-state index >= 15 is 0 Å². The Labute approximate surface area is 151 Å². The van der Waals surface area contributed by atoms with Crippen molar-refractivity contribution in [2.75, 3.05) is 13.1 Å². The van der Waals surface area contributed by atoms with E-state index in [-0.39, 0.29) is 39.3 Å². The lowest BCUT2D eigenvalue weighted by molar-refractivity contribution is 0.427. The topological polar surface area (TPSA) is 63.4 Å². The largest absolute Gasteiger partial charge is 0.327 e. The first-order valence-corrected chi connectivity index (χ1v) is 9.28. The second-order valence-corrected chi connectivity index (χ2v) is 8.81. The average Bonchev–Trinajstić information content (AvgIpc) is 2.90. The molecule has 0 aromatic heterocycles. The Bertz CT molecular complexity index is 660. The molecule has 4 nitrogen and oxygen atoms in total. The van der Waals surface area contributed by atoms with Gasteiger partial charge in [-0.25, -0.2) is 8.42 Å². The molecule has 0 bridgehead atoms. The van der Waals surface area contributed by atoms with Crippen LogP contribution in [0.2, 0.25) is 15.1 Å². The highest BCUT2D eigenvalue weighted by molar-refractivity contribution is 7.89. The summed E-state index contributed by atoms with van der Waals surface area (Å²) in [5.74, 6) is 0.559. The Balaban J connectivity index is 0.00000176. The van der Waals surface area contributed by atoms with Gasteiger partial charge < -0.3 is 5.73 Å². The molecule has 1 aromatic rings. The van der Waals surface area contributed by atoms with E-state index in [9.17, 15) is 8.42 Å². The highest BCUT2D eigenvalue weighted by Gasteiger charge is 2.45. The maximum atomic E-state index is 12.8. The lowest BCUT2D eigenvalue weighted by Gasteiger charge is -2.20. The number of halogens is 4. The first kappa shape index (κ1) is 18.6. The van der Waals surface area contributed by atoms with Crippen LogP contribution in [0.3, 0.4) is 0 Å². The highest BCUT2D eigenvalue weighted by atomic mass is 35.5. The van der Waals surface area contributed by atoms with Crippen LogP contribution in [-0.4, -0.2) is 31.9 Å². The van der Waals surface area contributed by atoms with Gasteiger partial charge in [0.05, 0.1) is 10.0 Å². The monoisotopic (exact) mass is 404 g/mol. The molecule has 22 heavy (non-hydrogen) atoms. The summed E-state index contributed by atoms with van der Waals surface area (Å²) >= 11 is 17.9. The van der Waals surface area contributed by atoms with Crippen molar-refractivity contribution >= 4 is 57.2 Å². The Morgan fingerprint density at radius 1 is 1.09 bits per heavy atom. The molecule has 1 heterocycles. The van der Waals surface area contributed by atoms with Crippen LogP contribution in [0.4, 0.5) is 0 Å². The molecule has 9 heteroatoms. The van der Waals surface area contributed by atoms with Crippen LogP contribution in [0, 0.1) is 11.8 Å². The van der Waals surface area contributed by atoms with Crippen LogP contribution in [-0.2, 0) is 10.0 Å². The zero-order valence-electron chi connectivity index (χ0n) is 11.5. The molecular formula is C13H16Cl4N2O2S. The average molecular weight is 406 g/mol. The van der Waals surface area contributed by atoms with E-state index in [2.05, 4.69) is 0 Å². The normalized spacial score (nSPS) is 28.5. The molecule has 3 rings (SSSR count). The van der Waals surface area contributed by atoms with E-state index < -0.39 is 10.0 Å². The van der Waals surface area contributed by atoms with Gasteiger partial charge in [-0.1, -0.05) is 34.8 Å². The van der Waals surface area contributed by atoms with Gasteiger partial charge in [-0.2, -0.15) is 4.31 Å². The fourth-order valence-corrected chi connectivity index (χ4v) is 6.39. The summed E-state index contributed by atoms with van der Waals surface area (Å²) in [5, 5.41) is 0.409. The molecule has 2 aliphatic rings. The van der Waals surface area contributed by atoms with Gasteiger partial charge in [0.2, 0.25) is 10.0 Å². The van der Waals surface area contributed by atoms with Gasteiger partial charge >= 0.3 is 0 Å². The summed E-state index contributed by atoms with van der Waals surface area (Å²) in [7, 11) is -3.73. The second kappa shape index (κ2) is 6.63. The fourth-order valence-electron chi connectivity index (χ4n) is 3.37. The molecular weight excluding hydrogens is 390 g/mol. The molecule has 3 atom stereocenters. The van der Waals surface area contributed by atoms with Crippen molar-refractivity contribution in [3.8, 4) is 0 Å². The van der Waals surface area contributed by atoms with Gasteiger partial charge in [-0.3, -0.25) is 0 Å². The zero-order chi connectivity index (χ0) is 15.4. The lowest BCUT2D eigenvalue weighted by atomic mass is 9.98. The van der Waals surface area contributed by atoms with Gasteiger partial charge in [0.25, 0.3) is 0 Å². The Morgan fingerprint density at radius 3 is 2.23 bits per heavy atom. The third-order valence-electron chi connectivity index (χ3n) is 4.44. The number of nitrogens with two attached hydrogens (primary N) is 1. The molecule has 0 spiro atoms. The van der Waals surface area contributed by atoms with Crippen LogP contribution in [0.25, 0.3) is 0 Å². The SMILES string of the molecule is Cl.NC1CCC2CN(S(=O)(=O)c3c(Cl)cc(Cl)cc3Cl)CC12. The molecule has 0 amide bonds. The van der Waals surface area contributed by atoms with Crippen LogP contribution in [0.15, 0.2) is 17.0 Å². The number of nitrogens with zero attached hydrogens (tertiary/aromatic N) is 1. The van der Waals surface area contributed by atoms with Crippen molar-refractivity contribution < 1.29 is 8.42 Å². The van der Waals surface area contributed by atoms with Crippen LogP contribution < -0.4 is 5.73 Å². The summed E-state index contributed by atoms with van der Waals surface area (Å²) in [6, 6.07) is 2.86. The third kappa shape index (κ3) is 3.09. The van der Waals surface area contributed by atoms with Crippen LogP contribution in [0.5, 0.6) is 0 Å². The van der Waals surface area contributed by atoms with E-state index in [1.54, 1.807) is 0 Å². The second-order valence-electron chi connectivity index (χ2n) is 5.69. The highest BCUT2D eigenvalue weighted by Crippen LogP contribution is 2.41. The number of hydrogen-bond donors (Lipinski definition) is 1. The summed E-state index contributed by atoms with van der Waals surface area (Å²) in [5.41, 5.74) is 6.05. The minimum absolute atomic E-state index is 0. The van der Waals surface area contributed by atoms with E-state index in [4.69, 9.17) is 40.5 Å². The molecule has 0 radical (unpaired) electrons. The maximum absolute atomic E-state index is 12.8. The first-order valence-electron chi connectivity index (χ1n) is 6.71. The molecule has 2 N–H and O–H groups in total. The van der Waals surface area contributed by atoms with Gasteiger partial charge in [0.1, 0.15) is 4.90 Å². The number of benzene rings is 1.